The van der Waals surface area contributed by atoms with Crippen molar-refractivity contribution in [1.82, 2.24) is 0 Å². The van der Waals surface area contributed by atoms with Crippen LogP contribution >= 0.6 is 11.3 Å². The van der Waals surface area contributed by atoms with Gasteiger partial charge in [-0.15, -0.1) is 11.3 Å². The van der Waals surface area contributed by atoms with E-state index in [1.54, 1.807) is 6.07 Å². The van der Waals surface area contributed by atoms with Crippen LogP contribution in [0.4, 0.5) is 11.4 Å². The maximum absolute atomic E-state index is 12.2. The van der Waals surface area contributed by atoms with Crippen LogP contribution in [0.5, 0.6) is 0 Å². The van der Waals surface area contributed by atoms with E-state index in [0.717, 1.165) is 18.4 Å². The summed E-state index contributed by atoms with van der Waals surface area (Å²) in [6.45, 7) is 1.91. The van der Waals surface area contributed by atoms with Gasteiger partial charge in [-0.2, -0.15) is 0 Å². The minimum Gasteiger partial charge on any atom is -0.326 e. The molecule has 0 unspecified atom stereocenters. The lowest BCUT2D eigenvalue weighted by Gasteiger charge is -2.08. The summed E-state index contributed by atoms with van der Waals surface area (Å²) in [7, 11) is 0. The average Bonchev–Trinajstić information content (AvgIpc) is 3.21. The summed E-state index contributed by atoms with van der Waals surface area (Å²) in [5.74, 6) is 0.109. The monoisotopic (exact) mass is 300 g/mol. The number of thiophene rings is 1. The minimum absolute atomic E-state index is 0.0626. The molecule has 0 saturated heterocycles. The first kappa shape index (κ1) is 13.8. The summed E-state index contributed by atoms with van der Waals surface area (Å²) < 4.78 is 0. The smallest absolute Gasteiger partial charge is 0.265 e. The molecule has 2 amide bonds. The number of nitrogens with one attached hydrogen (secondary N) is 2. The second-order valence-corrected chi connectivity index (χ2v) is 6.15. The summed E-state index contributed by atoms with van der Waals surface area (Å²) >= 11 is 1.42. The Kier molecular flexibility index (Phi) is 3.75. The van der Waals surface area contributed by atoms with Gasteiger partial charge in [-0.05, 0) is 55.0 Å². The number of rotatable bonds is 4. The van der Waals surface area contributed by atoms with E-state index in [-0.39, 0.29) is 17.7 Å². The fraction of sp³-hybridized carbons (Fsp3) is 0.250. The first-order chi connectivity index (χ1) is 10.1. The molecule has 0 bridgehead atoms. The Hall–Kier alpha value is -2.14. The molecule has 1 heterocycles. The van der Waals surface area contributed by atoms with E-state index in [4.69, 9.17) is 0 Å². The summed E-state index contributed by atoms with van der Waals surface area (Å²) in [6.07, 6.45) is 1.94. The van der Waals surface area contributed by atoms with Crippen molar-refractivity contribution in [2.24, 2.45) is 5.92 Å². The maximum atomic E-state index is 12.2. The first-order valence-electron chi connectivity index (χ1n) is 6.90. The standard InChI is InChI=1S/C16H16N2O2S/c1-10-7-8-21-14(10)16(20)18-13-4-2-3-12(9-13)17-15(19)11-5-6-11/h2-4,7-9,11H,5-6H2,1H3,(H,17,19)(H,18,20). The van der Waals surface area contributed by atoms with Gasteiger partial charge in [-0.3, -0.25) is 9.59 Å². The van der Waals surface area contributed by atoms with Crippen LogP contribution in [0.3, 0.4) is 0 Å². The fourth-order valence-corrected chi connectivity index (χ4v) is 2.88. The topological polar surface area (TPSA) is 58.2 Å². The number of aryl methyl sites for hydroxylation is 1. The van der Waals surface area contributed by atoms with E-state index in [9.17, 15) is 9.59 Å². The molecule has 4 nitrogen and oxygen atoms in total. The summed E-state index contributed by atoms with van der Waals surface area (Å²) in [5, 5.41) is 7.64. The predicted octanol–water partition coefficient (Wildman–Crippen LogP) is 3.66. The quantitative estimate of drug-likeness (QED) is 0.905. The molecule has 1 aliphatic rings. The van der Waals surface area contributed by atoms with Crippen LogP contribution in [-0.2, 0) is 4.79 Å². The van der Waals surface area contributed by atoms with Crippen LogP contribution in [0, 0.1) is 12.8 Å². The number of anilines is 2. The first-order valence-corrected chi connectivity index (χ1v) is 7.78. The number of hydrogen-bond donors (Lipinski definition) is 2. The van der Waals surface area contributed by atoms with E-state index < -0.39 is 0 Å². The van der Waals surface area contributed by atoms with Crippen molar-refractivity contribution in [3.05, 3.63) is 46.2 Å². The number of carbonyl (C=O) groups excluding carboxylic acids is 2. The predicted molar refractivity (Wildman–Crippen MR) is 84.8 cm³/mol. The minimum atomic E-state index is -0.117. The highest BCUT2D eigenvalue weighted by molar-refractivity contribution is 7.12. The molecular formula is C16H16N2O2S. The molecule has 0 aliphatic heterocycles. The Labute approximate surface area is 127 Å². The summed E-state index contributed by atoms with van der Waals surface area (Å²) in [6, 6.07) is 9.16. The van der Waals surface area contributed by atoms with Crippen molar-refractivity contribution in [2.75, 3.05) is 10.6 Å². The molecule has 21 heavy (non-hydrogen) atoms. The van der Waals surface area contributed by atoms with Crippen LogP contribution in [0.25, 0.3) is 0 Å². The van der Waals surface area contributed by atoms with Gasteiger partial charge in [0.1, 0.15) is 0 Å². The van der Waals surface area contributed by atoms with Crippen molar-refractivity contribution in [1.29, 1.82) is 0 Å². The van der Waals surface area contributed by atoms with Gasteiger partial charge in [-0.1, -0.05) is 6.07 Å². The van der Waals surface area contributed by atoms with Gasteiger partial charge in [0.25, 0.3) is 5.91 Å². The van der Waals surface area contributed by atoms with Crippen LogP contribution < -0.4 is 10.6 Å². The van der Waals surface area contributed by atoms with E-state index in [1.807, 2.05) is 36.6 Å². The van der Waals surface area contributed by atoms with Gasteiger partial charge >= 0.3 is 0 Å². The largest absolute Gasteiger partial charge is 0.326 e. The lowest BCUT2D eigenvalue weighted by Crippen LogP contribution is -2.14. The van der Waals surface area contributed by atoms with Gasteiger partial charge in [0, 0.05) is 17.3 Å². The Morgan fingerprint density at radius 1 is 1.14 bits per heavy atom. The zero-order chi connectivity index (χ0) is 14.8. The van der Waals surface area contributed by atoms with Crippen LogP contribution in [0.15, 0.2) is 35.7 Å². The molecule has 1 saturated carbocycles. The molecule has 1 aromatic carbocycles. The Morgan fingerprint density at radius 3 is 2.48 bits per heavy atom. The number of hydrogen-bond acceptors (Lipinski definition) is 3. The second kappa shape index (κ2) is 5.69. The third-order valence-corrected chi connectivity index (χ3v) is 4.42. The molecule has 2 N–H and O–H groups in total. The van der Waals surface area contributed by atoms with E-state index in [0.29, 0.717) is 16.3 Å². The molecule has 2 aromatic rings. The SMILES string of the molecule is Cc1ccsc1C(=O)Nc1cccc(NC(=O)C2CC2)c1. The maximum Gasteiger partial charge on any atom is 0.265 e. The summed E-state index contributed by atoms with van der Waals surface area (Å²) in [5.41, 5.74) is 2.37. The van der Waals surface area contributed by atoms with Crippen molar-refractivity contribution in [3.63, 3.8) is 0 Å². The third kappa shape index (κ3) is 3.31. The van der Waals surface area contributed by atoms with Crippen molar-refractivity contribution in [3.8, 4) is 0 Å². The van der Waals surface area contributed by atoms with E-state index >= 15 is 0 Å². The van der Waals surface area contributed by atoms with Gasteiger partial charge in [0.15, 0.2) is 0 Å². The highest BCUT2D eigenvalue weighted by atomic mass is 32.1. The number of benzene rings is 1. The van der Waals surface area contributed by atoms with Gasteiger partial charge in [0.2, 0.25) is 5.91 Å². The van der Waals surface area contributed by atoms with E-state index in [2.05, 4.69) is 10.6 Å². The van der Waals surface area contributed by atoms with Gasteiger partial charge in [-0.25, -0.2) is 0 Å². The molecule has 0 spiro atoms. The number of carbonyl (C=O) groups is 2. The molecule has 0 radical (unpaired) electrons. The van der Waals surface area contributed by atoms with Crippen molar-refractivity contribution >= 4 is 34.5 Å². The Bertz CT molecular complexity index is 689. The molecule has 0 atom stereocenters. The van der Waals surface area contributed by atoms with Crippen LogP contribution in [-0.4, -0.2) is 11.8 Å². The van der Waals surface area contributed by atoms with Crippen LogP contribution in [0.1, 0.15) is 28.1 Å². The molecule has 3 rings (SSSR count). The lowest BCUT2D eigenvalue weighted by atomic mass is 10.2. The molecule has 5 heteroatoms. The molecule has 1 fully saturated rings. The van der Waals surface area contributed by atoms with E-state index in [1.165, 1.54) is 11.3 Å². The van der Waals surface area contributed by atoms with Crippen molar-refractivity contribution in [2.45, 2.75) is 19.8 Å². The van der Waals surface area contributed by atoms with Crippen molar-refractivity contribution < 1.29 is 9.59 Å². The molecular weight excluding hydrogens is 284 g/mol. The van der Waals surface area contributed by atoms with Gasteiger partial charge < -0.3 is 10.6 Å². The highest BCUT2D eigenvalue weighted by Crippen LogP contribution is 2.30. The average molecular weight is 300 g/mol. The normalized spacial score (nSPS) is 13.8. The molecule has 108 valence electrons. The Morgan fingerprint density at radius 2 is 1.86 bits per heavy atom. The zero-order valence-electron chi connectivity index (χ0n) is 11.7. The Balaban J connectivity index is 1.69. The number of amides is 2. The zero-order valence-corrected chi connectivity index (χ0v) is 12.5. The summed E-state index contributed by atoms with van der Waals surface area (Å²) in [4.78, 5) is 24.6. The van der Waals surface area contributed by atoms with Gasteiger partial charge in [0.05, 0.1) is 4.88 Å². The lowest BCUT2D eigenvalue weighted by molar-refractivity contribution is -0.117. The third-order valence-electron chi connectivity index (χ3n) is 3.40. The van der Waals surface area contributed by atoms with Crippen LogP contribution in [0.2, 0.25) is 0 Å². The molecule has 1 aliphatic carbocycles. The second-order valence-electron chi connectivity index (χ2n) is 5.23. The highest BCUT2D eigenvalue weighted by Gasteiger charge is 2.29. The molecule has 1 aromatic heterocycles. The fourth-order valence-electron chi connectivity index (χ4n) is 2.06.